The zero-order valence-electron chi connectivity index (χ0n) is 5.17. The van der Waals surface area contributed by atoms with E-state index in [-0.39, 0.29) is 11.4 Å². The molecule has 0 spiro atoms. The molecule has 10 heavy (non-hydrogen) atoms. The molecule has 62 valence electrons. The smallest absolute Gasteiger partial charge is 0.203 e. The van der Waals surface area contributed by atoms with E-state index in [9.17, 15) is 0 Å². The predicted molar refractivity (Wildman–Crippen MR) is 45.9 cm³/mol. The van der Waals surface area contributed by atoms with Crippen molar-refractivity contribution in [3.05, 3.63) is 0 Å². The average Bonchev–Trinajstić information content (AvgIpc) is 1.67. The number of hydrogen-bond donors (Lipinski definition) is 0. The Labute approximate surface area is 79.9 Å². The molecule has 0 bridgehead atoms. The zero-order chi connectivity index (χ0) is 7.91. The molecule has 0 saturated carbocycles. The van der Waals surface area contributed by atoms with Gasteiger partial charge in [-0.05, 0) is 0 Å². The van der Waals surface area contributed by atoms with Crippen LogP contribution in [0, 0.1) is 11.3 Å². The number of hydrogen-bond acceptors (Lipinski definition) is 1. The van der Waals surface area contributed by atoms with Gasteiger partial charge in [0.1, 0.15) is 0 Å². The standard InChI is InChI=1S/C2H2Cl4.C2H3N.H2O/c3-1-2(4,5)6;1-2-3;/h1H2;1H3;1H2. The average molecular weight is 227 g/mol. The lowest BCUT2D eigenvalue weighted by molar-refractivity contribution is 0.824. The summed E-state index contributed by atoms with van der Waals surface area (Å²) in [6.45, 7) is 1.43. The second-order valence-corrected chi connectivity index (χ2v) is 3.76. The number of rotatable bonds is 0. The van der Waals surface area contributed by atoms with E-state index in [0.717, 1.165) is 0 Å². The fourth-order valence-electron chi connectivity index (χ4n) is 0. The molecule has 0 atom stereocenters. The first kappa shape index (κ1) is 16.9. The summed E-state index contributed by atoms with van der Waals surface area (Å²) >= 11 is 20.4. The van der Waals surface area contributed by atoms with Crippen LogP contribution in [-0.2, 0) is 0 Å². The molecule has 0 aliphatic heterocycles. The number of nitriles is 1. The lowest BCUT2D eigenvalue weighted by Crippen LogP contribution is -2.01. The van der Waals surface area contributed by atoms with Gasteiger partial charge in [-0.15, -0.1) is 11.6 Å². The highest BCUT2D eigenvalue weighted by atomic mass is 35.6. The first-order valence-corrected chi connectivity index (χ1v) is 3.58. The SMILES string of the molecule is CC#N.ClCC(Cl)(Cl)Cl.O. The Morgan fingerprint density at radius 3 is 1.50 bits per heavy atom. The van der Waals surface area contributed by atoms with Crippen LogP contribution in [-0.4, -0.2) is 15.1 Å². The van der Waals surface area contributed by atoms with E-state index in [1.54, 1.807) is 6.07 Å². The maximum atomic E-state index is 7.32. The summed E-state index contributed by atoms with van der Waals surface area (Å²) in [5.41, 5.74) is 0. The van der Waals surface area contributed by atoms with E-state index in [1.165, 1.54) is 6.92 Å². The highest BCUT2D eigenvalue weighted by molar-refractivity contribution is 6.69. The molecule has 0 aromatic heterocycles. The van der Waals surface area contributed by atoms with Gasteiger partial charge in [0.05, 0.1) is 11.9 Å². The van der Waals surface area contributed by atoms with Gasteiger partial charge in [0.25, 0.3) is 0 Å². The highest BCUT2D eigenvalue weighted by Gasteiger charge is 2.16. The molecule has 0 aromatic rings. The third-order valence-corrected chi connectivity index (χ3v) is 1.36. The van der Waals surface area contributed by atoms with Crippen molar-refractivity contribution < 1.29 is 5.48 Å². The topological polar surface area (TPSA) is 55.3 Å². The maximum Gasteiger partial charge on any atom is 0.203 e. The minimum absolute atomic E-state index is 0. The van der Waals surface area contributed by atoms with Crippen LogP contribution in [0.1, 0.15) is 6.92 Å². The number of nitrogens with zero attached hydrogens (tertiary/aromatic N) is 1. The summed E-state index contributed by atoms with van der Waals surface area (Å²) in [4.78, 5) is 0. The molecule has 0 radical (unpaired) electrons. The molecule has 0 amide bonds. The van der Waals surface area contributed by atoms with E-state index < -0.39 is 3.79 Å². The van der Waals surface area contributed by atoms with E-state index >= 15 is 0 Å². The molecule has 0 aliphatic carbocycles. The van der Waals surface area contributed by atoms with Crippen molar-refractivity contribution in [2.75, 3.05) is 5.88 Å². The van der Waals surface area contributed by atoms with Crippen LogP contribution in [0.4, 0.5) is 0 Å². The van der Waals surface area contributed by atoms with Crippen molar-refractivity contribution in [2.45, 2.75) is 10.7 Å². The first-order valence-electron chi connectivity index (χ1n) is 1.91. The summed E-state index contributed by atoms with van der Waals surface area (Å²) < 4.78 is -1.28. The van der Waals surface area contributed by atoms with Crippen LogP contribution in [0.15, 0.2) is 0 Å². The summed E-state index contributed by atoms with van der Waals surface area (Å²) in [5.74, 6) is 0.0394. The monoisotopic (exact) mass is 225 g/mol. The van der Waals surface area contributed by atoms with Gasteiger partial charge in [-0.1, -0.05) is 34.8 Å². The lowest BCUT2D eigenvalue weighted by Gasteiger charge is -2.00. The number of alkyl halides is 4. The normalized spacial score (nSPS) is 8.00. The Morgan fingerprint density at radius 2 is 1.50 bits per heavy atom. The van der Waals surface area contributed by atoms with Crippen LogP contribution < -0.4 is 0 Å². The first-order chi connectivity index (χ1) is 3.97. The quantitative estimate of drug-likeness (QED) is 0.585. The minimum Gasteiger partial charge on any atom is -0.412 e. The Kier molecular flexibility index (Phi) is 16.3. The predicted octanol–water partition coefficient (Wildman–Crippen LogP) is 2.30. The van der Waals surface area contributed by atoms with Gasteiger partial charge in [0.2, 0.25) is 3.79 Å². The van der Waals surface area contributed by atoms with E-state index in [4.69, 9.17) is 51.7 Å². The van der Waals surface area contributed by atoms with Gasteiger partial charge < -0.3 is 5.48 Å². The number of halogens is 4. The van der Waals surface area contributed by atoms with Gasteiger partial charge in [-0.3, -0.25) is 0 Å². The molecular weight excluding hydrogens is 220 g/mol. The summed E-state index contributed by atoms with van der Waals surface area (Å²) in [7, 11) is 0. The molecule has 0 fully saturated rings. The molecule has 2 N–H and O–H groups in total. The minimum atomic E-state index is -1.28. The van der Waals surface area contributed by atoms with Gasteiger partial charge in [-0.2, -0.15) is 5.26 Å². The molecule has 0 aromatic carbocycles. The molecular formula is C4H7Cl4NO. The lowest BCUT2D eigenvalue weighted by atomic mass is 10.9. The maximum absolute atomic E-state index is 7.32. The van der Waals surface area contributed by atoms with Gasteiger partial charge in [-0.25, -0.2) is 0 Å². The summed E-state index contributed by atoms with van der Waals surface area (Å²) in [6, 6.07) is 1.75. The summed E-state index contributed by atoms with van der Waals surface area (Å²) in [6.07, 6.45) is 0. The Morgan fingerprint density at radius 1 is 1.40 bits per heavy atom. The molecule has 0 saturated heterocycles. The van der Waals surface area contributed by atoms with Crippen molar-refractivity contribution in [1.82, 2.24) is 0 Å². The third-order valence-electron chi connectivity index (χ3n) is 0.152. The molecule has 0 rings (SSSR count). The fourth-order valence-corrected chi connectivity index (χ4v) is 0. The van der Waals surface area contributed by atoms with Crippen LogP contribution in [0.2, 0.25) is 0 Å². The van der Waals surface area contributed by atoms with E-state index in [1.807, 2.05) is 0 Å². The van der Waals surface area contributed by atoms with Crippen molar-refractivity contribution in [2.24, 2.45) is 0 Å². The largest absolute Gasteiger partial charge is 0.412 e. The molecule has 0 heterocycles. The van der Waals surface area contributed by atoms with Crippen LogP contribution >= 0.6 is 46.4 Å². The molecule has 2 nitrogen and oxygen atoms in total. The molecule has 6 heteroatoms. The highest BCUT2D eigenvalue weighted by Crippen LogP contribution is 2.26. The van der Waals surface area contributed by atoms with Gasteiger partial charge in [0, 0.05) is 6.92 Å². The Hall–Kier alpha value is 0.610. The van der Waals surface area contributed by atoms with Crippen LogP contribution in [0.3, 0.4) is 0 Å². The third kappa shape index (κ3) is 38.3. The molecule has 0 unspecified atom stereocenters. The van der Waals surface area contributed by atoms with Crippen molar-refractivity contribution in [1.29, 1.82) is 5.26 Å². The van der Waals surface area contributed by atoms with Gasteiger partial charge >= 0.3 is 0 Å². The molecule has 0 aliphatic rings. The second-order valence-electron chi connectivity index (χ2n) is 0.972. The van der Waals surface area contributed by atoms with Crippen LogP contribution in [0.25, 0.3) is 0 Å². The van der Waals surface area contributed by atoms with Crippen molar-refractivity contribution in [3.63, 3.8) is 0 Å². The van der Waals surface area contributed by atoms with Crippen molar-refractivity contribution >= 4 is 46.4 Å². The Bertz CT molecular complexity index is 94.4. The van der Waals surface area contributed by atoms with Crippen molar-refractivity contribution in [3.8, 4) is 6.07 Å². The van der Waals surface area contributed by atoms with Gasteiger partial charge in [0.15, 0.2) is 0 Å². The van der Waals surface area contributed by atoms with E-state index in [0.29, 0.717) is 0 Å². The zero-order valence-corrected chi connectivity index (χ0v) is 8.19. The summed E-state index contributed by atoms with van der Waals surface area (Å²) in [5, 5.41) is 7.32. The fraction of sp³-hybridized carbons (Fsp3) is 0.750. The second kappa shape index (κ2) is 9.61. The van der Waals surface area contributed by atoms with E-state index in [2.05, 4.69) is 0 Å². The Balaban J connectivity index is -0.000000107. The van der Waals surface area contributed by atoms with Crippen LogP contribution in [0.5, 0.6) is 0 Å².